The lowest BCUT2D eigenvalue weighted by Gasteiger charge is -2.22. The zero-order valence-corrected chi connectivity index (χ0v) is 49.1. The highest BCUT2D eigenvalue weighted by molar-refractivity contribution is 5.76. The van der Waals surface area contributed by atoms with Crippen molar-refractivity contribution < 1.29 is 24.5 Å². The first kappa shape index (κ1) is 71.1. The van der Waals surface area contributed by atoms with Gasteiger partial charge in [0.1, 0.15) is 0 Å². The number of carbonyl (C=O) groups excluding carboxylic acids is 2. The molecule has 1 amide bonds. The molecule has 2 unspecified atom stereocenters. The van der Waals surface area contributed by atoms with Gasteiger partial charge in [-0.3, -0.25) is 9.59 Å². The lowest BCUT2D eigenvalue weighted by Crippen LogP contribution is -2.45. The van der Waals surface area contributed by atoms with E-state index in [0.717, 1.165) is 51.4 Å². The molecule has 2 atom stereocenters. The Balaban J connectivity index is 3.36. The summed E-state index contributed by atoms with van der Waals surface area (Å²) in [5.41, 5.74) is 0. The topological polar surface area (TPSA) is 95.9 Å². The lowest BCUT2D eigenvalue weighted by molar-refractivity contribution is -0.143. The SMILES string of the molecule is CCC/C=C\C/C=C\CCCCCCCC(=O)OCCCCCCCCCCCCCC/C=C\CCCCCCCCCCCCCCCCC(=O)NC(CO)C(O)CCCCCCCCCCCCCCC. The Morgan fingerprint density at radius 3 is 1.11 bits per heavy atom. The predicted molar refractivity (Wildman–Crippen MR) is 319 cm³/mol. The summed E-state index contributed by atoms with van der Waals surface area (Å²) in [7, 11) is 0. The normalized spacial score (nSPS) is 12.8. The van der Waals surface area contributed by atoms with E-state index >= 15 is 0 Å². The van der Waals surface area contributed by atoms with E-state index in [0.29, 0.717) is 25.9 Å². The lowest BCUT2D eigenvalue weighted by atomic mass is 10.0. The first-order chi connectivity index (χ1) is 36.0. The van der Waals surface area contributed by atoms with E-state index < -0.39 is 12.1 Å². The monoisotopic (exact) mass is 1030 g/mol. The Morgan fingerprint density at radius 2 is 0.712 bits per heavy atom. The number of unbranched alkanes of at least 4 members (excludes halogenated alkanes) is 44. The minimum absolute atomic E-state index is 0.00172. The van der Waals surface area contributed by atoms with Gasteiger partial charge in [0.15, 0.2) is 0 Å². The molecule has 3 N–H and O–H groups in total. The fourth-order valence-corrected chi connectivity index (χ4v) is 10.1. The van der Waals surface area contributed by atoms with Crippen LogP contribution in [0.5, 0.6) is 0 Å². The van der Waals surface area contributed by atoms with Crippen molar-refractivity contribution in [2.24, 2.45) is 0 Å². The highest BCUT2D eigenvalue weighted by Crippen LogP contribution is 2.18. The summed E-state index contributed by atoms with van der Waals surface area (Å²) in [6, 6.07) is -0.539. The zero-order valence-electron chi connectivity index (χ0n) is 49.1. The van der Waals surface area contributed by atoms with Gasteiger partial charge >= 0.3 is 5.97 Å². The number of nitrogens with one attached hydrogen (secondary N) is 1. The van der Waals surface area contributed by atoms with E-state index in [9.17, 15) is 19.8 Å². The number of carbonyl (C=O) groups is 2. The molecule has 6 nitrogen and oxygen atoms in total. The quantitative estimate of drug-likeness (QED) is 0.0320. The van der Waals surface area contributed by atoms with Crippen LogP contribution in [0.25, 0.3) is 0 Å². The van der Waals surface area contributed by atoms with Crippen molar-refractivity contribution in [1.29, 1.82) is 0 Å². The van der Waals surface area contributed by atoms with Gasteiger partial charge < -0.3 is 20.3 Å². The maximum atomic E-state index is 12.5. The van der Waals surface area contributed by atoms with Gasteiger partial charge in [0, 0.05) is 12.8 Å². The molecule has 0 fully saturated rings. The Kier molecular flexibility index (Phi) is 61.0. The van der Waals surface area contributed by atoms with Gasteiger partial charge in [-0.15, -0.1) is 0 Å². The summed E-state index contributed by atoms with van der Waals surface area (Å²) in [6.45, 7) is 4.90. The number of esters is 1. The maximum Gasteiger partial charge on any atom is 0.305 e. The van der Waals surface area contributed by atoms with Crippen LogP contribution >= 0.6 is 0 Å². The molecule has 0 saturated heterocycles. The van der Waals surface area contributed by atoms with Crippen LogP contribution in [-0.4, -0.2) is 47.4 Å². The van der Waals surface area contributed by atoms with Gasteiger partial charge in [-0.05, 0) is 77.0 Å². The summed E-state index contributed by atoms with van der Waals surface area (Å²) < 4.78 is 5.47. The van der Waals surface area contributed by atoms with E-state index in [1.54, 1.807) is 0 Å². The third-order valence-corrected chi connectivity index (χ3v) is 15.1. The maximum absolute atomic E-state index is 12.5. The molecule has 0 spiro atoms. The van der Waals surface area contributed by atoms with Crippen molar-refractivity contribution in [3.63, 3.8) is 0 Å². The van der Waals surface area contributed by atoms with Crippen molar-refractivity contribution in [1.82, 2.24) is 5.32 Å². The predicted octanol–water partition coefficient (Wildman–Crippen LogP) is 20.8. The first-order valence-electron chi connectivity index (χ1n) is 32.7. The minimum atomic E-state index is -0.662. The van der Waals surface area contributed by atoms with Gasteiger partial charge in [-0.2, -0.15) is 0 Å². The molecule has 0 rings (SSSR count). The number of hydrogen-bond donors (Lipinski definition) is 3. The van der Waals surface area contributed by atoms with Gasteiger partial charge in [0.25, 0.3) is 0 Å². The molecule has 73 heavy (non-hydrogen) atoms. The third-order valence-electron chi connectivity index (χ3n) is 15.1. The number of ether oxygens (including phenoxy) is 1. The molecular formula is C67H127NO5. The fourth-order valence-electron chi connectivity index (χ4n) is 10.1. The Hall–Kier alpha value is -1.92. The molecule has 0 aromatic carbocycles. The van der Waals surface area contributed by atoms with Gasteiger partial charge in [0.2, 0.25) is 5.91 Å². The van der Waals surface area contributed by atoms with E-state index in [-0.39, 0.29) is 18.5 Å². The second kappa shape index (κ2) is 62.6. The highest BCUT2D eigenvalue weighted by atomic mass is 16.5. The van der Waals surface area contributed by atoms with Crippen LogP contribution in [0.4, 0.5) is 0 Å². The van der Waals surface area contributed by atoms with Crippen LogP contribution < -0.4 is 5.32 Å². The van der Waals surface area contributed by atoms with Crippen molar-refractivity contribution in [3.05, 3.63) is 36.5 Å². The summed E-state index contributed by atoms with van der Waals surface area (Å²) in [4.78, 5) is 24.5. The van der Waals surface area contributed by atoms with E-state index in [1.165, 1.54) is 270 Å². The second-order valence-electron chi connectivity index (χ2n) is 22.4. The standard InChI is InChI=1S/C67H127NO5/c1-3-5-7-9-11-13-15-35-39-43-47-51-55-59-65(70)64(63-69)68-66(71)60-56-52-48-44-40-37-33-31-29-27-25-23-21-19-17-18-20-22-24-26-28-30-32-34-38-42-46-50-54-58-62-73-67(72)61-57-53-49-45-41-36-16-14-12-10-8-6-4-2/h8,10,14,16,18,20,64-65,69-70H,3-7,9,11-13,15,17,19,21-63H2,1-2H3,(H,68,71)/b10-8-,16-14-,20-18-. The Morgan fingerprint density at radius 1 is 0.384 bits per heavy atom. The van der Waals surface area contributed by atoms with Crippen LogP contribution in [0.1, 0.15) is 354 Å². The smallest absolute Gasteiger partial charge is 0.305 e. The fraction of sp³-hybridized carbons (Fsp3) is 0.881. The molecule has 0 saturated carbocycles. The van der Waals surface area contributed by atoms with Crippen molar-refractivity contribution in [3.8, 4) is 0 Å². The van der Waals surface area contributed by atoms with Crippen LogP contribution in [0, 0.1) is 0 Å². The van der Waals surface area contributed by atoms with Crippen molar-refractivity contribution in [2.75, 3.05) is 13.2 Å². The number of aliphatic hydroxyl groups excluding tert-OH is 2. The summed E-state index contributed by atoms with van der Waals surface area (Å²) in [6.07, 6.45) is 78.9. The van der Waals surface area contributed by atoms with E-state index in [4.69, 9.17) is 4.74 Å². The molecule has 0 aliphatic carbocycles. The van der Waals surface area contributed by atoms with Gasteiger partial charge in [0.05, 0.1) is 25.4 Å². The average Bonchev–Trinajstić information content (AvgIpc) is 3.39. The summed E-state index contributed by atoms with van der Waals surface area (Å²) in [5, 5.41) is 23.3. The zero-order chi connectivity index (χ0) is 52.9. The molecule has 0 heterocycles. The van der Waals surface area contributed by atoms with Crippen LogP contribution in [0.2, 0.25) is 0 Å². The van der Waals surface area contributed by atoms with E-state index in [1.807, 2.05) is 0 Å². The average molecular weight is 1030 g/mol. The van der Waals surface area contributed by atoms with Crippen LogP contribution in [-0.2, 0) is 14.3 Å². The van der Waals surface area contributed by atoms with E-state index in [2.05, 4.69) is 55.6 Å². The first-order valence-corrected chi connectivity index (χ1v) is 32.7. The Bertz CT molecular complexity index is 1180. The molecule has 0 bridgehead atoms. The molecular weight excluding hydrogens is 899 g/mol. The number of amides is 1. The molecule has 0 radical (unpaired) electrons. The van der Waals surface area contributed by atoms with Crippen LogP contribution in [0.3, 0.4) is 0 Å². The number of aliphatic hydroxyl groups is 2. The molecule has 0 aliphatic rings. The molecule has 6 heteroatoms. The highest BCUT2D eigenvalue weighted by Gasteiger charge is 2.20. The summed E-state index contributed by atoms with van der Waals surface area (Å²) in [5.74, 6) is -0.0306. The number of hydrogen-bond acceptors (Lipinski definition) is 5. The largest absolute Gasteiger partial charge is 0.466 e. The Labute approximate surface area is 455 Å². The third kappa shape index (κ3) is 59.2. The second-order valence-corrected chi connectivity index (χ2v) is 22.4. The van der Waals surface area contributed by atoms with Crippen molar-refractivity contribution in [2.45, 2.75) is 366 Å². The van der Waals surface area contributed by atoms with Gasteiger partial charge in [-0.25, -0.2) is 0 Å². The van der Waals surface area contributed by atoms with Crippen LogP contribution in [0.15, 0.2) is 36.5 Å². The molecule has 0 aromatic heterocycles. The van der Waals surface area contributed by atoms with Crippen molar-refractivity contribution >= 4 is 11.9 Å². The molecule has 430 valence electrons. The number of allylic oxidation sites excluding steroid dienone is 6. The molecule has 0 aliphatic heterocycles. The minimum Gasteiger partial charge on any atom is -0.466 e. The molecule has 0 aromatic rings. The van der Waals surface area contributed by atoms with Gasteiger partial charge in [-0.1, -0.05) is 301 Å². The summed E-state index contributed by atoms with van der Waals surface area (Å²) >= 11 is 0. The number of rotatable bonds is 61.